The van der Waals surface area contributed by atoms with Gasteiger partial charge in [0.1, 0.15) is 6.54 Å². The van der Waals surface area contributed by atoms with E-state index in [4.69, 9.17) is 13.9 Å². The lowest BCUT2D eigenvalue weighted by molar-refractivity contribution is -0.925. The van der Waals surface area contributed by atoms with Gasteiger partial charge in [0, 0.05) is 23.3 Å². The van der Waals surface area contributed by atoms with Crippen molar-refractivity contribution in [2.24, 2.45) is 0 Å². The van der Waals surface area contributed by atoms with Crippen LogP contribution in [0.4, 0.5) is 5.69 Å². The zero-order valence-corrected chi connectivity index (χ0v) is 17.6. The third-order valence-electron chi connectivity index (χ3n) is 5.19. The van der Waals surface area contributed by atoms with E-state index < -0.39 is 4.92 Å². The van der Waals surface area contributed by atoms with Crippen LogP contribution in [-0.2, 0) is 6.54 Å². The Kier molecular flexibility index (Phi) is 6.31. The fraction of sp³-hybridized carbons (Fsp3) is 0.333. The second kappa shape index (κ2) is 8.91. The van der Waals surface area contributed by atoms with Crippen molar-refractivity contribution in [2.45, 2.75) is 26.4 Å². The van der Waals surface area contributed by atoms with Crippen molar-refractivity contribution in [3.05, 3.63) is 63.5 Å². The number of nitro groups is 1. The third kappa shape index (κ3) is 4.41. The lowest BCUT2D eigenvalue weighted by atomic mass is 10.1. The second-order valence-electron chi connectivity index (χ2n) is 7.13. The van der Waals surface area contributed by atoms with E-state index in [1.807, 2.05) is 26.0 Å². The number of hydrogen-bond donors (Lipinski definition) is 1. The summed E-state index contributed by atoms with van der Waals surface area (Å²) in [6, 6.07) is 9.93. The number of nitrogens with one attached hydrogen (secondary N) is 1. The van der Waals surface area contributed by atoms with E-state index in [0.717, 1.165) is 22.6 Å². The number of benzene rings is 2. The Morgan fingerprint density at radius 1 is 1.13 bits per heavy atom. The lowest BCUT2D eigenvalue weighted by Gasteiger charge is -2.21. The first-order chi connectivity index (χ1) is 14.3. The molecule has 0 amide bonds. The van der Waals surface area contributed by atoms with Gasteiger partial charge in [-0.15, -0.1) is 10.2 Å². The van der Waals surface area contributed by atoms with Crippen LogP contribution in [0.1, 0.15) is 30.0 Å². The van der Waals surface area contributed by atoms with Gasteiger partial charge in [-0.1, -0.05) is 0 Å². The molecule has 0 aliphatic rings. The normalized spacial score (nSPS) is 13.0. The Morgan fingerprint density at radius 2 is 1.77 bits per heavy atom. The number of quaternary nitrogens is 1. The van der Waals surface area contributed by atoms with Gasteiger partial charge in [-0.25, -0.2) is 0 Å². The van der Waals surface area contributed by atoms with Gasteiger partial charge >= 0.3 is 0 Å². The first-order valence-electron chi connectivity index (χ1n) is 9.46. The van der Waals surface area contributed by atoms with Crippen molar-refractivity contribution >= 4 is 5.69 Å². The minimum Gasteiger partial charge on any atom is -0.493 e. The Labute approximate surface area is 174 Å². The SMILES string of the molecule is COc1cc(C)c(C[NH+](C)[C@H](C)c2nnc(-c3ccc([N+](=O)[O-])cc3)o2)cc1OC. The Bertz CT molecular complexity index is 1030. The summed E-state index contributed by atoms with van der Waals surface area (Å²) >= 11 is 0. The van der Waals surface area contributed by atoms with Gasteiger partial charge in [-0.05, 0) is 43.7 Å². The second-order valence-corrected chi connectivity index (χ2v) is 7.13. The van der Waals surface area contributed by atoms with Gasteiger partial charge < -0.3 is 18.8 Å². The van der Waals surface area contributed by atoms with E-state index in [2.05, 4.69) is 17.2 Å². The Balaban J connectivity index is 1.76. The summed E-state index contributed by atoms with van der Waals surface area (Å²) in [7, 11) is 5.29. The minimum atomic E-state index is -0.445. The molecule has 0 aliphatic carbocycles. The van der Waals surface area contributed by atoms with Crippen LogP contribution in [0.5, 0.6) is 11.5 Å². The van der Waals surface area contributed by atoms with Crippen LogP contribution in [-0.4, -0.2) is 36.4 Å². The number of ether oxygens (including phenoxy) is 2. The molecule has 2 aromatic carbocycles. The highest BCUT2D eigenvalue weighted by Crippen LogP contribution is 2.30. The number of nitro benzene ring substituents is 1. The molecule has 0 fully saturated rings. The van der Waals surface area contributed by atoms with E-state index >= 15 is 0 Å². The molecule has 0 saturated heterocycles. The minimum absolute atomic E-state index is 0.0151. The maximum Gasteiger partial charge on any atom is 0.274 e. The number of aryl methyl sites for hydroxylation is 1. The van der Waals surface area contributed by atoms with Crippen LogP contribution in [0.2, 0.25) is 0 Å². The molecule has 1 N–H and O–H groups in total. The number of non-ortho nitro benzene ring substituents is 1. The average Bonchev–Trinajstić information content (AvgIpc) is 3.24. The van der Waals surface area contributed by atoms with E-state index in [1.54, 1.807) is 26.4 Å². The monoisotopic (exact) mass is 413 g/mol. The van der Waals surface area contributed by atoms with E-state index in [1.165, 1.54) is 12.1 Å². The molecule has 0 saturated carbocycles. The molecular formula is C21H25N4O5+. The largest absolute Gasteiger partial charge is 0.493 e. The average molecular weight is 413 g/mol. The molecule has 3 rings (SSSR count). The summed E-state index contributed by atoms with van der Waals surface area (Å²) in [5, 5.41) is 19.1. The molecule has 3 aromatic rings. The fourth-order valence-electron chi connectivity index (χ4n) is 3.13. The molecule has 0 bridgehead atoms. The van der Waals surface area contributed by atoms with Gasteiger partial charge in [-0.3, -0.25) is 10.1 Å². The van der Waals surface area contributed by atoms with Crippen LogP contribution in [0.25, 0.3) is 11.5 Å². The molecule has 1 heterocycles. The molecule has 158 valence electrons. The maximum absolute atomic E-state index is 10.8. The quantitative estimate of drug-likeness (QED) is 0.447. The summed E-state index contributed by atoms with van der Waals surface area (Å²) in [6.07, 6.45) is 0. The van der Waals surface area contributed by atoms with E-state index in [0.29, 0.717) is 28.8 Å². The molecule has 2 atom stereocenters. The molecule has 30 heavy (non-hydrogen) atoms. The number of hydrogen-bond acceptors (Lipinski definition) is 7. The van der Waals surface area contributed by atoms with Crippen LogP contribution in [0, 0.1) is 17.0 Å². The summed E-state index contributed by atoms with van der Waals surface area (Å²) < 4.78 is 16.6. The van der Waals surface area contributed by atoms with Gasteiger partial charge in [0.2, 0.25) is 5.89 Å². The van der Waals surface area contributed by atoms with Gasteiger partial charge in [-0.2, -0.15) is 0 Å². The van der Waals surface area contributed by atoms with Crippen molar-refractivity contribution in [1.82, 2.24) is 10.2 Å². The van der Waals surface area contributed by atoms with Crippen LogP contribution in [0.3, 0.4) is 0 Å². The highest BCUT2D eigenvalue weighted by Gasteiger charge is 2.24. The molecule has 0 aliphatic heterocycles. The zero-order chi connectivity index (χ0) is 21.8. The topological polar surface area (TPSA) is 105 Å². The number of aromatic nitrogens is 2. The van der Waals surface area contributed by atoms with Crippen molar-refractivity contribution in [3.63, 3.8) is 0 Å². The first kappa shape index (κ1) is 21.3. The van der Waals surface area contributed by atoms with Gasteiger partial charge in [0.05, 0.1) is 26.2 Å². The van der Waals surface area contributed by atoms with Gasteiger partial charge in [0.15, 0.2) is 17.5 Å². The van der Waals surface area contributed by atoms with Crippen LogP contribution in [0.15, 0.2) is 40.8 Å². The summed E-state index contributed by atoms with van der Waals surface area (Å²) in [4.78, 5) is 11.5. The molecular weight excluding hydrogens is 388 g/mol. The highest BCUT2D eigenvalue weighted by molar-refractivity contribution is 5.55. The smallest absolute Gasteiger partial charge is 0.274 e. The van der Waals surface area contributed by atoms with Crippen molar-refractivity contribution in [1.29, 1.82) is 0 Å². The third-order valence-corrected chi connectivity index (χ3v) is 5.19. The molecule has 0 radical (unpaired) electrons. The maximum atomic E-state index is 10.8. The van der Waals surface area contributed by atoms with E-state index in [-0.39, 0.29) is 11.7 Å². The molecule has 9 nitrogen and oxygen atoms in total. The fourth-order valence-corrected chi connectivity index (χ4v) is 3.13. The number of methoxy groups -OCH3 is 2. The lowest BCUT2D eigenvalue weighted by Crippen LogP contribution is -3.07. The summed E-state index contributed by atoms with van der Waals surface area (Å²) in [6.45, 7) is 4.77. The Morgan fingerprint density at radius 3 is 2.37 bits per heavy atom. The number of nitrogens with zero attached hydrogens (tertiary/aromatic N) is 3. The molecule has 0 spiro atoms. The van der Waals surface area contributed by atoms with Crippen molar-refractivity contribution in [3.8, 4) is 23.0 Å². The predicted molar refractivity (Wildman–Crippen MR) is 110 cm³/mol. The van der Waals surface area contributed by atoms with Crippen molar-refractivity contribution < 1.29 is 23.7 Å². The standard InChI is InChI=1S/C21H24N4O5/c1-13-10-18(28-4)19(29-5)11-16(13)12-24(3)14(2)20-22-23-21(30-20)15-6-8-17(9-7-15)25(26)27/h6-11,14H,12H2,1-5H3/p+1/t14-/m1/s1. The molecule has 1 aromatic heterocycles. The number of rotatable bonds is 8. The first-order valence-corrected chi connectivity index (χ1v) is 9.46. The van der Waals surface area contributed by atoms with Crippen molar-refractivity contribution in [2.75, 3.05) is 21.3 Å². The highest BCUT2D eigenvalue weighted by atomic mass is 16.6. The molecule has 9 heteroatoms. The summed E-state index contributed by atoms with van der Waals surface area (Å²) in [5.74, 6) is 2.23. The van der Waals surface area contributed by atoms with E-state index in [9.17, 15) is 10.1 Å². The van der Waals surface area contributed by atoms with Gasteiger partial charge in [0.25, 0.3) is 11.6 Å². The van der Waals surface area contributed by atoms with Crippen LogP contribution >= 0.6 is 0 Å². The predicted octanol–water partition coefficient (Wildman–Crippen LogP) is 2.75. The van der Waals surface area contributed by atoms with Crippen LogP contribution < -0.4 is 14.4 Å². The molecule has 1 unspecified atom stereocenters. The zero-order valence-electron chi connectivity index (χ0n) is 17.6. The summed E-state index contributed by atoms with van der Waals surface area (Å²) in [5.41, 5.74) is 2.89. The Hall–Kier alpha value is -3.46.